The number of carbonyl (C=O) groups is 1. The average molecular weight is 255 g/mol. The number of allylic oxidation sites excluding steroid dienone is 1. The molecule has 0 heterocycles. The molecule has 2 nitrogen and oxygen atoms in total. The number of rotatable bonds is 4. The van der Waals surface area contributed by atoms with Crippen LogP contribution in [0.25, 0.3) is 6.08 Å². The summed E-state index contributed by atoms with van der Waals surface area (Å²) in [4.78, 5) is 10.9. The van der Waals surface area contributed by atoms with Gasteiger partial charge in [-0.3, -0.25) is 4.79 Å². The number of ether oxygens (including phenoxy) is 1. The third kappa shape index (κ3) is 3.34. The molecular weight excluding hydrogens is 244 g/mol. The van der Waals surface area contributed by atoms with E-state index in [9.17, 15) is 4.79 Å². The largest absolute Gasteiger partial charge is 0.497 e. The summed E-state index contributed by atoms with van der Waals surface area (Å²) in [5.41, 5.74) is 0.986. The molecule has 0 aliphatic rings. The Kier molecular flexibility index (Phi) is 4.40. The zero-order valence-electron chi connectivity index (χ0n) is 7.87. The number of hydrogen-bond acceptors (Lipinski definition) is 2. The van der Waals surface area contributed by atoms with Crippen molar-refractivity contribution >= 4 is 27.8 Å². The number of ketones is 1. The van der Waals surface area contributed by atoms with Crippen molar-refractivity contribution in [1.29, 1.82) is 0 Å². The van der Waals surface area contributed by atoms with Crippen molar-refractivity contribution < 1.29 is 9.53 Å². The molecule has 0 aromatic heterocycles. The molecule has 14 heavy (non-hydrogen) atoms. The topological polar surface area (TPSA) is 26.3 Å². The zero-order valence-corrected chi connectivity index (χ0v) is 9.45. The van der Waals surface area contributed by atoms with Crippen molar-refractivity contribution in [1.82, 2.24) is 0 Å². The Balaban J connectivity index is 2.68. The van der Waals surface area contributed by atoms with Crippen LogP contribution in [0.5, 0.6) is 5.75 Å². The van der Waals surface area contributed by atoms with Crippen LogP contribution in [0.3, 0.4) is 0 Å². The molecule has 0 bridgehead atoms. The molecule has 3 heteroatoms. The van der Waals surface area contributed by atoms with Crippen molar-refractivity contribution in [2.45, 2.75) is 0 Å². The summed E-state index contributed by atoms with van der Waals surface area (Å²) in [7, 11) is 1.62. The van der Waals surface area contributed by atoms with Crippen molar-refractivity contribution in [3.8, 4) is 5.75 Å². The minimum Gasteiger partial charge on any atom is -0.497 e. The first kappa shape index (κ1) is 11.0. The molecule has 74 valence electrons. The number of halogens is 1. The van der Waals surface area contributed by atoms with Crippen molar-refractivity contribution in [2.75, 3.05) is 12.4 Å². The van der Waals surface area contributed by atoms with Crippen LogP contribution in [-0.2, 0) is 4.79 Å². The van der Waals surface area contributed by atoms with Crippen LogP contribution in [0.15, 0.2) is 30.3 Å². The summed E-state index contributed by atoms with van der Waals surface area (Å²) in [5.74, 6) is 0.870. The van der Waals surface area contributed by atoms with Crippen LogP contribution < -0.4 is 4.74 Å². The highest BCUT2D eigenvalue weighted by Crippen LogP contribution is 2.12. The highest BCUT2D eigenvalue weighted by Gasteiger charge is 1.92. The highest BCUT2D eigenvalue weighted by atomic mass is 79.9. The standard InChI is InChI=1S/C11H11BrO2/c1-14-11-6-3-9(4-7-11)2-5-10(13)8-12/h2-7H,8H2,1H3. The predicted molar refractivity (Wildman–Crippen MR) is 60.8 cm³/mol. The van der Waals surface area contributed by atoms with Gasteiger partial charge in [-0.25, -0.2) is 0 Å². The summed E-state index contributed by atoms with van der Waals surface area (Å²) >= 11 is 3.09. The van der Waals surface area contributed by atoms with Gasteiger partial charge >= 0.3 is 0 Å². The van der Waals surface area contributed by atoms with E-state index in [2.05, 4.69) is 15.9 Å². The molecule has 0 aliphatic heterocycles. The smallest absolute Gasteiger partial charge is 0.166 e. The molecule has 1 aromatic rings. The van der Waals surface area contributed by atoms with Gasteiger partial charge in [-0.15, -0.1) is 0 Å². The molecule has 0 amide bonds. The predicted octanol–water partition coefficient (Wildman–Crippen LogP) is 2.67. The maximum Gasteiger partial charge on any atom is 0.166 e. The number of methoxy groups -OCH3 is 1. The van der Waals surface area contributed by atoms with Crippen LogP contribution in [0, 0.1) is 0 Å². The minimum absolute atomic E-state index is 0.0563. The van der Waals surface area contributed by atoms with Gasteiger partial charge in [0.05, 0.1) is 12.4 Å². The molecule has 0 saturated heterocycles. The van der Waals surface area contributed by atoms with Gasteiger partial charge in [0.2, 0.25) is 0 Å². The van der Waals surface area contributed by atoms with Crippen LogP contribution >= 0.6 is 15.9 Å². The summed E-state index contributed by atoms with van der Waals surface area (Å²) in [6.45, 7) is 0. The van der Waals surface area contributed by atoms with E-state index < -0.39 is 0 Å². The van der Waals surface area contributed by atoms with Crippen LogP contribution in [0.1, 0.15) is 5.56 Å². The molecule has 0 unspecified atom stereocenters. The molecule has 1 rings (SSSR count). The summed E-state index contributed by atoms with van der Waals surface area (Å²) in [6.07, 6.45) is 3.33. The van der Waals surface area contributed by atoms with Crippen molar-refractivity contribution in [3.63, 3.8) is 0 Å². The third-order valence-corrected chi connectivity index (χ3v) is 2.26. The summed E-state index contributed by atoms with van der Waals surface area (Å²) in [6, 6.07) is 7.52. The molecular formula is C11H11BrO2. The molecule has 0 atom stereocenters. The van der Waals surface area contributed by atoms with Crippen LogP contribution in [0.2, 0.25) is 0 Å². The van der Waals surface area contributed by atoms with E-state index in [1.54, 1.807) is 19.3 Å². The Morgan fingerprint density at radius 3 is 2.57 bits per heavy atom. The lowest BCUT2D eigenvalue weighted by Crippen LogP contribution is -1.91. The Morgan fingerprint density at radius 2 is 2.07 bits per heavy atom. The SMILES string of the molecule is COc1ccc(C=CC(=O)CBr)cc1. The molecule has 0 N–H and O–H groups in total. The zero-order chi connectivity index (χ0) is 10.4. The molecule has 0 spiro atoms. The normalized spacial score (nSPS) is 10.4. The Morgan fingerprint density at radius 1 is 1.43 bits per heavy atom. The maximum absolute atomic E-state index is 10.9. The lowest BCUT2D eigenvalue weighted by atomic mass is 10.2. The fraction of sp³-hybridized carbons (Fsp3) is 0.182. The molecule has 0 aliphatic carbocycles. The average Bonchev–Trinajstić information content (AvgIpc) is 2.26. The van der Waals surface area contributed by atoms with E-state index in [0.29, 0.717) is 5.33 Å². The lowest BCUT2D eigenvalue weighted by Gasteiger charge is -1.98. The van der Waals surface area contributed by atoms with Gasteiger partial charge in [-0.1, -0.05) is 34.1 Å². The van der Waals surface area contributed by atoms with Crippen LogP contribution in [0.4, 0.5) is 0 Å². The van der Waals surface area contributed by atoms with E-state index in [0.717, 1.165) is 11.3 Å². The lowest BCUT2D eigenvalue weighted by molar-refractivity contribution is -0.112. The Hall–Kier alpha value is -1.09. The number of alkyl halides is 1. The fourth-order valence-corrected chi connectivity index (χ4v) is 1.14. The second-order valence-electron chi connectivity index (χ2n) is 2.71. The third-order valence-electron chi connectivity index (χ3n) is 1.71. The van der Waals surface area contributed by atoms with Gasteiger partial charge in [0.15, 0.2) is 5.78 Å². The number of hydrogen-bond donors (Lipinski definition) is 0. The van der Waals surface area contributed by atoms with E-state index in [4.69, 9.17) is 4.74 Å². The van der Waals surface area contributed by atoms with Crippen LogP contribution in [-0.4, -0.2) is 18.2 Å². The van der Waals surface area contributed by atoms with Gasteiger partial charge in [0, 0.05) is 0 Å². The maximum atomic E-state index is 10.9. The number of carbonyl (C=O) groups excluding carboxylic acids is 1. The Bertz CT molecular complexity index is 328. The highest BCUT2D eigenvalue weighted by molar-refractivity contribution is 9.09. The summed E-state index contributed by atoms with van der Waals surface area (Å²) in [5, 5.41) is 0.361. The fourth-order valence-electron chi connectivity index (χ4n) is 0.949. The Labute approximate surface area is 91.7 Å². The van der Waals surface area contributed by atoms with Gasteiger partial charge in [-0.2, -0.15) is 0 Å². The molecule has 0 radical (unpaired) electrons. The monoisotopic (exact) mass is 254 g/mol. The first-order valence-electron chi connectivity index (χ1n) is 4.17. The molecule has 1 aromatic carbocycles. The van der Waals surface area contributed by atoms with Gasteiger partial charge < -0.3 is 4.74 Å². The van der Waals surface area contributed by atoms with E-state index >= 15 is 0 Å². The van der Waals surface area contributed by atoms with Gasteiger partial charge in [0.25, 0.3) is 0 Å². The molecule has 0 saturated carbocycles. The number of benzene rings is 1. The summed E-state index contributed by atoms with van der Waals surface area (Å²) < 4.78 is 5.02. The second-order valence-corrected chi connectivity index (χ2v) is 3.27. The van der Waals surface area contributed by atoms with Gasteiger partial charge in [0.1, 0.15) is 5.75 Å². The van der Waals surface area contributed by atoms with E-state index in [1.807, 2.05) is 24.3 Å². The van der Waals surface area contributed by atoms with Crippen molar-refractivity contribution in [2.24, 2.45) is 0 Å². The quantitative estimate of drug-likeness (QED) is 0.610. The minimum atomic E-state index is 0.0563. The molecule has 0 fully saturated rings. The first-order chi connectivity index (χ1) is 6.76. The van der Waals surface area contributed by atoms with Crippen molar-refractivity contribution in [3.05, 3.63) is 35.9 Å². The van der Waals surface area contributed by atoms with E-state index in [1.165, 1.54) is 0 Å². The van der Waals surface area contributed by atoms with Gasteiger partial charge in [-0.05, 0) is 23.8 Å². The van der Waals surface area contributed by atoms with E-state index in [-0.39, 0.29) is 5.78 Å². The second kappa shape index (κ2) is 5.60. The first-order valence-corrected chi connectivity index (χ1v) is 5.29.